The van der Waals surface area contributed by atoms with Gasteiger partial charge >= 0.3 is 0 Å². The first kappa shape index (κ1) is 19.9. The van der Waals surface area contributed by atoms with Crippen molar-refractivity contribution in [2.24, 2.45) is 0 Å². The highest BCUT2D eigenvalue weighted by atomic mass is 32.1. The van der Waals surface area contributed by atoms with Crippen molar-refractivity contribution in [1.82, 2.24) is 24.7 Å². The molecule has 5 rings (SSSR count). The zero-order chi connectivity index (χ0) is 21.4. The molecule has 0 fully saturated rings. The Morgan fingerprint density at radius 2 is 2.10 bits per heavy atom. The summed E-state index contributed by atoms with van der Waals surface area (Å²) in [5.74, 6) is 0.635. The van der Waals surface area contributed by atoms with Crippen molar-refractivity contribution in [2.45, 2.75) is 19.9 Å². The summed E-state index contributed by atoms with van der Waals surface area (Å²) in [7, 11) is 0. The van der Waals surface area contributed by atoms with Crippen molar-refractivity contribution in [1.29, 1.82) is 0 Å². The number of carbonyl (C=O) groups is 1. The number of aryl methyl sites for hydroxylation is 1. The van der Waals surface area contributed by atoms with Crippen LogP contribution in [0.3, 0.4) is 0 Å². The number of aromatic amines is 2. The van der Waals surface area contributed by atoms with E-state index in [2.05, 4.69) is 31.5 Å². The van der Waals surface area contributed by atoms with Gasteiger partial charge in [0.15, 0.2) is 15.7 Å². The van der Waals surface area contributed by atoms with E-state index in [1.165, 1.54) is 11.3 Å². The third-order valence-electron chi connectivity index (χ3n) is 4.96. The van der Waals surface area contributed by atoms with Crippen molar-refractivity contribution >= 4 is 56.8 Å². The largest absolute Gasteiger partial charge is 0.358 e. The summed E-state index contributed by atoms with van der Waals surface area (Å²) in [4.78, 5) is 21.6. The monoisotopic (exact) mass is 466 g/mol. The highest BCUT2D eigenvalue weighted by Gasteiger charge is 2.15. The third kappa shape index (κ3) is 3.85. The van der Waals surface area contributed by atoms with Crippen LogP contribution in [0.1, 0.15) is 12.1 Å². The molecule has 0 atom stereocenters. The minimum absolute atomic E-state index is 0.114. The molecule has 1 aromatic carbocycles. The predicted molar refractivity (Wildman–Crippen MR) is 128 cm³/mol. The Morgan fingerprint density at radius 1 is 1.23 bits per heavy atom. The minimum atomic E-state index is -0.114. The number of hydrogen-bond acceptors (Lipinski definition) is 6. The van der Waals surface area contributed by atoms with E-state index in [-0.39, 0.29) is 12.3 Å². The van der Waals surface area contributed by atoms with Crippen LogP contribution in [0.5, 0.6) is 0 Å². The number of hydrogen-bond donors (Lipinski definition) is 3. The van der Waals surface area contributed by atoms with E-state index in [9.17, 15) is 4.79 Å². The number of para-hydroxylation sites is 1. The molecule has 1 amide bonds. The Balaban J connectivity index is 1.30. The first-order valence-corrected chi connectivity index (χ1v) is 11.8. The summed E-state index contributed by atoms with van der Waals surface area (Å²) in [6.45, 7) is 2.47. The molecule has 0 spiro atoms. The number of amides is 1. The number of nitrogens with one attached hydrogen (secondary N) is 3. The number of carbonyl (C=O) groups excluding carboxylic acids is 1. The fraction of sp³-hybridized carbons (Fsp3) is 0.143. The lowest BCUT2D eigenvalue weighted by molar-refractivity contribution is -0.116. The van der Waals surface area contributed by atoms with Gasteiger partial charge < -0.3 is 10.3 Å². The van der Waals surface area contributed by atoms with Crippen molar-refractivity contribution in [3.8, 4) is 22.0 Å². The van der Waals surface area contributed by atoms with Crippen molar-refractivity contribution < 1.29 is 4.79 Å². The van der Waals surface area contributed by atoms with Gasteiger partial charge in [-0.15, -0.1) is 22.7 Å². The van der Waals surface area contributed by atoms with Crippen LogP contribution < -0.4 is 5.32 Å². The lowest BCUT2D eigenvalue weighted by Crippen LogP contribution is -2.15. The first-order valence-electron chi connectivity index (χ1n) is 9.62. The maximum Gasteiger partial charge on any atom is 0.227 e. The van der Waals surface area contributed by atoms with Gasteiger partial charge in [-0.05, 0) is 36.7 Å². The van der Waals surface area contributed by atoms with Crippen molar-refractivity contribution in [2.75, 3.05) is 5.32 Å². The lowest BCUT2D eigenvalue weighted by Gasteiger charge is -2.05. The van der Waals surface area contributed by atoms with Crippen LogP contribution in [0.15, 0.2) is 47.2 Å². The number of benzene rings is 1. The normalized spacial score (nSPS) is 11.3. The van der Waals surface area contributed by atoms with Crippen LogP contribution in [-0.2, 0) is 11.3 Å². The van der Waals surface area contributed by atoms with Crippen LogP contribution in [0, 0.1) is 11.7 Å². The molecule has 156 valence electrons. The maximum atomic E-state index is 12.6. The van der Waals surface area contributed by atoms with E-state index in [4.69, 9.17) is 12.2 Å². The highest BCUT2D eigenvalue weighted by molar-refractivity contribution is 7.71. The van der Waals surface area contributed by atoms with Gasteiger partial charge in [0, 0.05) is 40.5 Å². The van der Waals surface area contributed by atoms with Crippen molar-refractivity contribution in [3.05, 3.63) is 57.6 Å². The van der Waals surface area contributed by atoms with Crippen molar-refractivity contribution in [3.63, 3.8) is 0 Å². The van der Waals surface area contributed by atoms with E-state index in [0.717, 1.165) is 38.6 Å². The molecular weight excluding hydrogens is 448 g/mol. The van der Waals surface area contributed by atoms with E-state index in [0.29, 0.717) is 16.4 Å². The zero-order valence-corrected chi connectivity index (χ0v) is 19.0. The number of rotatable bonds is 6. The Kier molecular flexibility index (Phi) is 5.26. The molecule has 0 aliphatic rings. The van der Waals surface area contributed by atoms with Gasteiger partial charge in [0.05, 0.1) is 10.6 Å². The Morgan fingerprint density at radius 3 is 2.94 bits per heavy atom. The summed E-state index contributed by atoms with van der Waals surface area (Å²) in [6.07, 6.45) is 0.271. The number of fused-ring (bicyclic) bond motifs is 1. The van der Waals surface area contributed by atoms with Gasteiger partial charge in [-0.3, -0.25) is 14.5 Å². The summed E-state index contributed by atoms with van der Waals surface area (Å²) in [5.41, 5.74) is 4.05. The molecule has 0 aliphatic heterocycles. The van der Waals surface area contributed by atoms with E-state index < -0.39 is 0 Å². The molecule has 5 aromatic rings. The average molecular weight is 467 g/mol. The van der Waals surface area contributed by atoms with Gasteiger partial charge in [-0.2, -0.15) is 5.10 Å². The number of thiophene rings is 1. The second-order valence-electron chi connectivity index (χ2n) is 6.99. The minimum Gasteiger partial charge on any atom is -0.358 e. The zero-order valence-electron chi connectivity index (χ0n) is 16.5. The summed E-state index contributed by atoms with van der Waals surface area (Å²) >= 11 is 8.34. The maximum absolute atomic E-state index is 12.6. The van der Waals surface area contributed by atoms with Crippen LogP contribution in [0.4, 0.5) is 5.13 Å². The number of anilines is 1. The predicted octanol–water partition coefficient (Wildman–Crippen LogP) is 5.61. The SMILES string of the molecule is Cc1[nH]c2ccccc2c1-c1csc(NC(=O)CCn2c(-c3cccs3)n[nH]c2=S)n1. The molecule has 4 aromatic heterocycles. The molecule has 3 N–H and O–H groups in total. The first-order chi connectivity index (χ1) is 15.1. The molecule has 0 unspecified atom stereocenters. The molecular formula is C21H18N6OS3. The number of thiazole rings is 1. The molecule has 10 heteroatoms. The van der Waals surface area contributed by atoms with E-state index in [1.54, 1.807) is 11.3 Å². The molecule has 0 saturated carbocycles. The van der Waals surface area contributed by atoms with Gasteiger partial charge in [0.25, 0.3) is 0 Å². The van der Waals surface area contributed by atoms with Crippen LogP contribution in [0.25, 0.3) is 32.9 Å². The number of nitrogens with zero attached hydrogens (tertiary/aromatic N) is 3. The van der Waals surface area contributed by atoms with Crippen LogP contribution in [0.2, 0.25) is 0 Å². The lowest BCUT2D eigenvalue weighted by atomic mass is 10.1. The van der Waals surface area contributed by atoms with Gasteiger partial charge in [0.1, 0.15) is 0 Å². The second-order valence-corrected chi connectivity index (χ2v) is 9.18. The fourth-order valence-electron chi connectivity index (χ4n) is 3.57. The van der Waals surface area contributed by atoms with Gasteiger partial charge in [-0.1, -0.05) is 24.3 Å². The third-order valence-corrected chi connectivity index (χ3v) is 6.90. The van der Waals surface area contributed by atoms with Crippen LogP contribution >= 0.6 is 34.9 Å². The molecule has 0 bridgehead atoms. The Labute approximate surface area is 190 Å². The summed E-state index contributed by atoms with van der Waals surface area (Å²) in [6, 6.07) is 12.1. The fourth-order valence-corrected chi connectivity index (χ4v) is 5.23. The molecule has 31 heavy (non-hydrogen) atoms. The summed E-state index contributed by atoms with van der Waals surface area (Å²) in [5, 5.41) is 15.7. The second kappa shape index (κ2) is 8.22. The molecule has 0 radical (unpaired) electrons. The average Bonchev–Trinajstić information content (AvgIpc) is 3.52. The molecule has 4 heterocycles. The smallest absolute Gasteiger partial charge is 0.227 e. The molecule has 7 nitrogen and oxygen atoms in total. The molecule has 0 aliphatic carbocycles. The molecule has 0 saturated heterocycles. The van der Waals surface area contributed by atoms with Gasteiger partial charge in [0.2, 0.25) is 5.91 Å². The van der Waals surface area contributed by atoms with E-state index >= 15 is 0 Å². The Bertz CT molecular complexity index is 1420. The van der Waals surface area contributed by atoms with E-state index in [1.807, 2.05) is 52.6 Å². The quantitative estimate of drug-likeness (QED) is 0.284. The Hall–Kier alpha value is -3.08. The highest BCUT2D eigenvalue weighted by Crippen LogP contribution is 2.34. The standard InChI is InChI=1S/C21H18N6OS3/c1-12-18(13-5-2-3-6-14(13)22-12)15-11-31-20(23-15)24-17(28)8-9-27-19(25-26-21(27)29)16-7-4-10-30-16/h2-7,10-11,22H,8-9H2,1H3,(H,26,29)(H,23,24,28). The topological polar surface area (TPSA) is 91.4 Å². The number of aromatic nitrogens is 5. The van der Waals surface area contributed by atoms with Crippen LogP contribution in [-0.4, -0.2) is 30.6 Å². The number of H-pyrrole nitrogens is 2. The van der Waals surface area contributed by atoms with Gasteiger partial charge in [-0.25, -0.2) is 4.98 Å². The summed E-state index contributed by atoms with van der Waals surface area (Å²) < 4.78 is 2.35.